The Bertz CT molecular complexity index is 576. The Balaban J connectivity index is 2.03. The molecule has 4 nitrogen and oxygen atoms in total. The van der Waals surface area contributed by atoms with Gasteiger partial charge in [-0.1, -0.05) is 0 Å². The van der Waals surface area contributed by atoms with Crippen molar-refractivity contribution < 1.29 is 21.6 Å². The topological polar surface area (TPSA) is 40.6 Å². The van der Waals surface area contributed by atoms with Crippen LogP contribution in [0.4, 0.5) is 18.9 Å². The molecule has 1 saturated heterocycles. The second-order valence-electron chi connectivity index (χ2n) is 4.83. The maximum Gasteiger partial charge on any atom is 0.416 e. The number of rotatable bonds is 3. The summed E-state index contributed by atoms with van der Waals surface area (Å²) in [5, 5.41) is 0. The Morgan fingerprint density at radius 1 is 1.05 bits per heavy atom. The van der Waals surface area contributed by atoms with Crippen LogP contribution in [0, 0.1) is 0 Å². The van der Waals surface area contributed by atoms with Crippen LogP contribution in [0.15, 0.2) is 24.3 Å². The standard InChI is InChI=1S/C13H17F3N2O2S/c1-2-21(19,20)18-9-7-17(8-10-18)12-5-3-11(4-6-12)13(14,15)16/h3-6H,2,7-10H2,1H3. The zero-order chi connectivity index (χ0) is 15.7. The predicted octanol–water partition coefficient (Wildman–Crippen LogP) is 2.18. The zero-order valence-electron chi connectivity index (χ0n) is 11.6. The lowest BCUT2D eigenvalue weighted by Gasteiger charge is -2.35. The van der Waals surface area contributed by atoms with E-state index in [9.17, 15) is 21.6 Å². The van der Waals surface area contributed by atoms with Crippen molar-refractivity contribution in [2.75, 3.05) is 36.8 Å². The Kier molecular flexibility index (Phi) is 4.48. The number of hydrogen-bond acceptors (Lipinski definition) is 3. The quantitative estimate of drug-likeness (QED) is 0.856. The summed E-state index contributed by atoms with van der Waals surface area (Å²) in [5.74, 6) is 0.0628. The summed E-state index contributed by atoms with van der Waals surface area (Å²) in [6, 6.07) is 4.94. The molecule has 1 aliphatic rings. The highest BCUT2D eigenvalue weighted by molar-refractivity contribution is 7.89. The highest BCUT2D eigenvalue weighted by atomic mass is 32.2. The number of hydrogen-bond donors (Lipinski definition) is 0. The third-order valence-electron chi connectivity index (χ3n) is 3.56. The van der Waals surface area contributed by atoms with Crippen molar-refractivity contribution in [1.29, 1.82) is 0 Å². The molecule has 0 saturated carbocycles. The number of piperazine rings is 1. The molecule has 1 aliphatic heterocycles. The van der Waals surface area contributed by atoms with Gasteiger partial charge < -0.3 is 4.90 Å². The normalized spacial score (nSPS) is 18.0. The second-order valence-corrected chi connectivity index (χ2v) is 7.09. The molecule has 0 N–H and O–H groups in total. The molecule has 1 fully saturated rings. The first-order valence-electron chi connectivity index (χ1n) is 6.64. The fourth-order valence-corrected chi connectivity index (χ4v) is 3.35. The van der Waals surface area contributed by atoms with E-state index in [0.717, 1.165) is 12.1 Å². The van der Waals surface area contributed by atoms with Crippen LogP contribution in [0.1, 0.15) is 12.5 Å². The van der Waals surface area contributed by atoms with Crippen molar-refractivity contribution in [2.24, 2.45) is 0 Å². The molecule has 1 aromatic rings. The summed E-state index contributed by atoms with van der Waals surface area (Å²) in [6.45, 7) is 3.27. The number of halogens is 3. The Hall–Kier alpha value is -1.28. The van der Waals surface area contributed by atoms with Gasteiger partial charge in [0.05, 0.1) is 11.3 Å². The van der Waals surface area contributed by atoms with Gasteiger partial charge in [0.15, 0.2) is 0 Å². The lowest BCUT2D eigenvalue weighted by atomic mass is 10.2. The van der Waals surface area contributed by atoms with Crippen LogP contribution in [0.25, 0.3) is 0 Å². The van der Waals surface area contributed by atoms with E-state index in [1.807, 2.05) is 4.90 Å². The first-order chi connectivity index (χ1) is 9.74. The van der Waals surface area contributed by atoms with E-state index in [-0.39, 0.29) is 5.75 Å². The van der Waals surface area contributed by atoms with Crippen molar-refractivity contribution in [1.82, 2.24) is 4.31 Å². The highest BCUT2D eigenvalue weighted by Crippen LogP contribution is 2.30. The monoisotopic (exact) mass is 322 g/mol. The van der Waals surface area contributed by atoms with Gasteiger partial charge in [0.2, 0.25) is 10.0 Å². The van der Waals surface area contributed by atoms with Crippen LogP contribution < -0.4 is 4.90 Å². The molecule has 1 aromatic carbocycles. The summed E-state index contributed by atoms with van der Waals surface area (Å²) in [6.07, 6.45) is -4.34. The van der Waals surface area contributed by atoms with E-state index < -0.39 is 21.8 Å². The van der Waals surface area contributed by atoms with Gasteiger partial charge in [-0.25, -0.2) is 8.42 Å². The lowest BCUT2D eigenvalue weighted by Crippen LogP contribution is -2.49. The summed E-state index contributed by atoms with van der Waals surface area (Å²) >= 11 is 0. The fraction of sp³-hybridized carbons (Fsp3) is 0.538. The van der Waals surface area contributed by atoms with Crippen molar-refractivity contribution in [2.45, 2.75) is 13.1 Å². The van der Waals surface area contributed by atoms with Crippen LogP contribution in [-0.4, -0.2) is 44.7 Å². The molecule has 0 unspecified atom stereocenters. The summed E-state index contributed by atoms with van der Waals surface area (Å²) in [7, 11) is -3.20. The van der Waals surface area contributed by atoms with Gasteiger partial charge in [-0.2, -0.15) is 17.5 Å². The first kappa shape index (κ1) is 16.1. The highest BCUT2D eigenvalue weighted by Gasteiger charge is 2.30. The largest absolute Gasteiger partial charge is 0.416 e. The van der Waals surface area contributed by atoms with Crippen LogP contribution in [0.2, 0.25) is 0 Å². The molecule has 118 valence electrons. The molecule has 0 atom stereocenters. The van der Waals surface area contributed by atoms with Gasteiger partial charge in [-0.15, -0.1) is 0 Å². The van der Waals surface area contributed by atoms with E-state index in [0.29, 0.717) is 31.9 Å². The predicted molar refractivity (Wildman–Crippen MR) is 74.7 cm³/mol. The van der Waals surface area contributed by atoms with Crippen LogP contribution >= 0.6 is 0 Å². The molecule has 0 aliphatic carbocycles. The van der Waals surface area contributed by atoms with Crippen LogP contribution in [-0.2, 0) is 16.2 Å². The van der Waals surface area contributed by atoms with Crippen LogP contribution in [0.3, 0.4) is 0 Å². The molecular formula is C13H17F3N2O2S. The maximum absolute atomic E-state index is 12.5. The third-order valence-corrected chi connectivity index (χ3v) is 5.44. The first-order valence-corrected chi connectivity index (χ1v) is 8.25. The number of sulfonamides is 1. The average molecular weight is 322 g/mol. The number of anilines is 1. The molecule has 21 heavy (non-hydrogen) atoms. The molecule has 8 heteroatoms. The Morgan fingerprint density at radius 2 is 1.57 bits per heavy atom. The minimum absolute atomic E-state index is 0.0628. The van der Waals surface area contributed by atoms with E-state index in [2.05, 4.69) is 0 Å². The van der Waals surface area contributed by atoms with Crippen molar-refractivity contribution in [3.05, 3.63) is 29.8 Å². The summed E-state index contributed by atoms with van der Waals surface area (Å²) in [5.41, 5.74) is -0.00464. The summed E-state index contributed by atoms with van der Waals surface area (Å²) in [4.78, 5) is 1.89. The van der Waals surface area contributed by atoms with Gasteiger partial charge in [0.1, 0.15) is 0 Å². The van der Waals surface area contributed by atoms with Crippen molar-refractivity contribution in [3.8, 4) is 0 Å². The van der Waals surface area contributed by atoms with Crippen molar-refractivity contribution >= 4 is 15.7 Å². The third kappa shape index (κ3) is 3.68. The Labute approximate surface area is 122 Å². The molecule has 0 bridgehead atoms. The minimum Gasteiger partial charge on any atom is -0.369 e. The van der Waals surface area contributed by atoms with Gasteiger partial charge in [-0.3, -0.25) is 0 Å². The fourth-order valence-electron chi connectivity index (χ4n) is 2.27. The SMILES string of the molecule is CCS(=O)(=O)N1CCN(c2ccc(C(F)(F)F)cc2)CC1. The molecule has 0 spiro atoms. The van der Waals surface area contributed by atoms with Gasteiger partial charge in [0.25, 0.3) is 0 Å². The smallest absolute Gasteiger partial charge is 0.369 e. The van der Waals surface area contributed by atoms with E-state index in [1.54, 1.807) is 6.92 Å². The van der Waals surface area contributed by atoms with Gasteiger partial charge in [-0.05, 0) is 31.2 Å². The number of benzene rings is 1. The van der Waals surface area contributed by atoms with E-state index in [1.165, 1.54) is 16.4 Å². The average Bonchev–Trinajstić information content (AvgIpc) is 2.47. The molecular weight excluding hydrogens is 305 g/mol. The molecule has 2 rings (SSSR count). The second kappa shape index (κ2) is 5.84. The molecule has 1 heterocycles. The van der Waals surface area contributed by atoms with Gasteiger partial charge in [0, 0.05) is 31.9 Å². The molecule has 0 radical (unpaired) electrons. The van der Waals surface area contributed by atoms with E-state index >= 15 is 0 Å². The van der Waals surface area contributed by atoms with E-state index in [4.69, 9.17) is 0 Å². The molecule has 0 aromatic heterocycles. The lowest BCUT2D eigenvalue weighted by molar-refractivity contribution is -0.137. The number of nitrogens with zero attached hydrogens (tertiary/aromatic N) is 2. The van der Waals surface area contributed by atoms with Gasteiger partial charge >= 0.3 is 6.18 Å². The number of alkyl halides is 3. The summed E-state index contributed by atoms with van der Waals surface area (Å²) < 4.78 is 62.4. The van der Waals surface area contributed by atoms with Crippen LogP contribution in [0.5, 0.6) is 0 Å². The zero-order valence-corrected chi connectivity index (χ0v) is 12.4. The minimum atomic E-state index is -4.34. The maximum atomic E-state index is 12.5. The molecule has 0 amide bonds. The van der Waals surface area contributed by atoms with Crippen molar-refractivity contribution in [3.63, 3.8) is 0 Å². The Morgan fingerprint density at radius 3 is 2.00 bits per heavy atom.